The summed E-state index contributed by atoms with van der Waals surface area (Å²) in [5, 5.41) is 2.57. The Balaban J connectivity index is 2.03. The van der Waals surface area contributed by atoms with Crippen LogP contribution in [0.4, 0.5) is 4.79 Å². The van der Waals surface area contributed by atoms with Crippen LogP contribution in [-0.4, -0.2) is 48.4 Å². The monoisotopic (exact) mass is 339 g/mol. The Bertz CT molecular complexity index is 667. The molecule has 1 saturated heterocycles. The molecule has 1 aromatic heterocycles. The smallest absolute Gasteiger partial charge is 0.318 e. The first-order valence-corrected chi connectivity index (χ1v) is 9.66. The molecule has 23 heavy (non-hydrogen) atoms. The van der Waals surface area contributed by atoms with Crippen molar-refractivity contribution >= 4 is 15.9 Å². The first kappa shape index (κ1) is 17.7. The van der Waals surface area contributed by atoms with Crippen molar-refractivity contribution < 1.29 is 13.2 Å². The van der Waals surface area contributed by atoms with Crippen molar-refractivity contribution in [1.82, 2.24) is 15.2 Å². The van der Waals surface area contributed by atoms with Crippen molar-refractivity contribution in [2.24, 2.45) is 5.92 Å². The second-order valence-electron chi connectivity index (χ2n) is 6.36. The number of pyridine rings is 1. The van der Waals surface area contributed by atoms with Crippen molar-refractivity contribution in [3.8, 4) is 0 Å². The highest BCUT2D eigenvalue weighted by atomic mass is 32.2. The van der Waals surface area contributed by atoms with Crippen LogP contribution in [0.15, 0.2) is 18.3 Å². The number of amides is 2. The molecule has 1 N–H and O–H groups in total. The predicted molar refractivity (Wildman–Crippen MR) is 89.9 cm³/mol. The molecular formula is C16H25N3O3S. The van der Waals surface area contributed by atoms with Gasteiger partial charge in [0.1, 0.15) is 0 Å². The molecule has 1 aromatic rings. The molecule has 0 aliphatic carbocycles. The average Bonchev–Trinajstić information content (AvgIpc) is 2.43. The molecule has 2 heterocycles. The number of rotatable bonds is 5. The number of aromatic nitrogens is 1. The number of nitrogens with one attached hydrogen (secondary N) is 1. The van der Waals surface area contributed by atoms with Crippen molar-refractivity contribution in [1.29, 1.82) is 0 Å². The number of urea groups is 1. The third-order valence-corrected chi connectivity index (χ3v) is 6.45. The lowest BCUT2D eigenvalue weighted by atomic mass is 9.97. The largest absolute Gasteiger partial charge is 0.329 e. The van der Waals surface area contributed by atoms with E-state index in [0.717, 1.165) is 11.3 Å². The molecule has 2 amide bonds. The summed E-state index contributed by atoms with van der Waals surface area (Å²) in [5.41, 5.74) is 1.88. The van der Waals surface area contributed by atoms with Gasteiger partial charge in [-0.15, -0.1) is 0 Å². The maximum Gasteiger partial charge on any atom is 0.318 e. The summed E-state index contributed by atoms with van der Waals surface area (Å²) in [6, 6.07) is 3.42. The van der Waals surface area contributed by atoms with Gasteiger partial charge in [-0.1, -0.05) is 26.8 Å². The molecule has 0 radical (unpaired) electrons. The maximum absolute atomic E-state index is 12.4. The van der Waals surface area contributed by atoms with E-state index < -0.39 is 15.1 Å². The molecule has 1 atom stereocenters. The summed E-state index contributed by atoms with van der Waals surface area (Å²) in [6.07, 6.45) is 1.72. The van der Waals surface area contributed by atoms with E-state index >= 15 is 0 Å². The fraction of sp³-hybridized carbons (Fsp3) is 0.625. The van der Waals surface area contributed by atoms with E-state index in [9.17, 15) is 13.2 Å². The Morgan fingerprint density at radius 3 is 2.61 bits per heavy atom. The van der Waals surface area contributed by atoms with Crippen molar-refractivity contribution in [2.45, 2.75) is 39.0 Å². The molecule has 0 saturated carbocycles. The van der Waals surface area contributed by atoms with Gasteiger partial charge in [0, 0.05) is 25.0 Å². The number of hydrogen-bond donors (Lipinski definition) is 1. The number of likely N-dealkylation sites (tertiary alicyclic amines) is 1. The summed E-state index contributed by atoms with van der Waals surface area (Å²) in [4.78, 5) is 18.3. The fourth-order valence-corrected chi connectivity index (χ4v) is 3.95. The van der Waals surface area contributed by atoms with Gasteiger partial charge in [-0.2, -0.15) is 0 Å². The lowest BCUT2D eigenvalue weighted by molar-refractivity contribution is 0.162. The Hall–Kier alpha value is -1.63. The SMILES string of the molecule is CCS(=O)(=O)C1CN(C(=O)NC(c2ncccc2C)C(C)C)C1. The summed E-state index contributed by atoms with van der Waals surface area (Å²) >= 11 is 0. The Morgan fingerprint density at radius 1 is 1.43 bits per heavy atom. The van der Waals surface area contributed by atoms with E-state index in [0.29, 0.717) is 0 Å². The topological polar surface area (TPSA) is 79.4 Å². The lowest BCUT2D eigenvalue weighted by Gasteiger charge is -2.39. The predicted octanol–water partition coefficient (Wildman–Crippen LogP) is 1.92. The van der Waals surface area contributed by atoms with Gasteiger partial charge in [0.25, 0.3) is 0 Å². The molecule has 1 aliphatic heterocycles. The van der Waals surface area contributed by atoms with Gasteiger partial charge < -0.3 is 10.2 Å². The van der Waals surface area contributed by atoms with E-state index in [1.165, 1.54) is 0 Å². The van der Waals surface area contributed by atoms with Gasteiger partial charge in [-0.05, 0) is 24.5 Å². The van der Waals surface area contributed by atoms with Crippen molar-refractivity contribution in [2.75, 3.05) is 18.8 Å². The minimum Gasteiger partial charge on any atom is -0.329 e. The van der Waals surface area contributed by atoms with Crippen LogP contribution in [-0.2, 0) is 9.84 Å². The highest BCUT2D eigenvalue weighted by molar-refractivity contribution is 7.92. The molecule has 1 unspecified atom stereocenters. The standard InChI is InChI=1S/C16H25N3O3S/c1-5-23(21,22)13-9-19(10-13)16(20)18-14(11(2)3)15-12(4)7-6-8-17-15/h6-8,11,13-14H,5,9-10H2,1-4H3,(H,18,20). The minimum atomic E-state index is -3.07. The van der Waals surface area contributed by atoms with Crippen LogP contribution in [0.1, 0.15) is 38.1 Å². The van der Waals surface area contributed by atoms with Crippen LogP contribution < -0.4 is 5.32 Å². The molecule has 0 aromatic carbocycles. The van der Waals surface area contributed by atoms with Crippen LogP contribution in [0.2, 0.25) is 0 Å². The Kier molecular flexibility index (Phi) is 5.29. The summed E-state index contributed by atoms with van der Waals surface area (Å²) in [5.74, 6) is 0.304. The Morgan fingerprint density at radius 2 is 2.09 bits per heavy atom. The average molecular weight is 339 g/mol. The zero-order valence-electron chi connectivity index (χ0n) is 14.1. The Labute approximate surface area is 138 Å². The molecular weight excluding hydrogens is 314 g/mol. The second kappa shape index (κ2) is 6.86. The first-order valence-electron chi connectivity index (χ1n) is 7.94. The quantitative estimate of drug-likeness (QED) is 0.889. The number of aryl methyl sites for hydroxylation is 1. The number of sulfone groups is 1. The normalized spacial score (nSPS) is 17.0. The number of carbonyl (C=O) groups excluding carboxylic acids is 1. The molecule has 0 spiro atoms. The van der Waals surface area contributed by atoms with Gasteiger partial charge in [0.15, 0.2) is 9.84 Å². The first-order chi connectivity index (χ1) is 10.8. The van der Waals surface area contributed by atoms with Crippen LogP contribution in [0.3, 0.4) is 0 Å². The van der Waals surface area contributed by atoms with Crippen LogP contribution in [0.5, 0.6) is 0 Å². The molecule has 2 rings (SSSR count). The molecule has 128 valence electrons. The van der Waals surface area contributed by atoms with Crippen LogP contribution >= 0.6 is 0 Å². The van der Waals surface area contributed by atoms with E-state index in [2.05, 4.69) is 10.3 Å². The number of nitrogens with zero attached hydrogens (tertiary/aromatic N) is 2. The summed E-state index contributed by atoms with van der Waals surface area (Å²) < 4.78 is 23.6. The lowest BCUT2D eigenvalue weighted by Crippen LogP contribution is -2.60. The zero-order valence-corrected chi connectivity index (χ0v) is 14.9. The number of carbonyl (C=O) groups is 1. The summed E-state index contributed by atoms with van der Waals surface area (Å²) in [6.45, 7) is 8.20. The van der Waals surface area contributed by atoms with Gasteiger partial charge in [0.2, 0.25) is 0 Å². The van der Waals surface area contributed by atoms with E-state index in [1.54, 1.807) is 18.0 Å². The molecule has 1 fully saturated rings. The molecule has 7 heteroatoms. The highest BCUT2D eigenvalue weighted by Crippen LogP contribution is 2.24. The highest BCUT2D eigenvalue weighted by Gasteiger charge is 2.39. The molecule has 0 bridgehead atoms. The maximum atomic E-state index is 12.4. The summed E-state index contributed by atoms with van der Waals surface area (Å²) in [7, 11) is -3.07. The number of hydrogen-bond acceptors (Lipinski definition) is 4. The van der Waals surface area contributed by atoms with Gasteiger partial charge in [-0.3, -0.25) is 4.98 Å². The van der Waals surface area contributed by atoms with E-state index in [-0.39, 0.29) is 36.8 Å². The van der Waals surface area contributed by atoms with E-state index in [4.69, 9.17) is 0 Å². The van der Waals surface area contributed by atoms with Gasteiger partial charge >= 0.3 is 6.03 Å². The van der Waals surface area contributed by atoms with Crippen molar-refractivity contribution in [3.63, 3.8) is 0 Å². The third-order valence-electron chi connectivity index (χ3n) is 4.34. The van der Waals surface area contributed by atoms with Crippen LogP contribution in [0.25, 0.3) is 0 Å². The van der Waals surface area contributed by atoms with E-state index in [1.807, 2.05) is 32.9 Å². The fourth-order valence-electron chi connectivity index (χ4n) is 2.67. The second-order valence-corrected chi connectivity index (χ2v) is 8.92. The third kappa shape index (κ3) is 3.83. The molecule has 6 nitrogen and oxygen atoms in total. The van der Waals surface area contributed by atoms with Gasteiger partial charge in [0.05, 0.1) is 17.0 Å². The van der Waals surface area contributed by atoms with Gasteiger partial charge in [-0.25, -0.2) is 13.2 Å². The van der Waals surface area contributed by atoms with Crippen molar-refractivity contribution in [3.05, 3.63) is 29.6 Å². The zero-order chi connectivity index (χ0) is 17.2. The van der Waals surface area contributed by atoms with Crippen LogP contribution in [0, 0.1) is 12.8 Å². The minimum absolute atomic E-state index is 0.120. The molecule has 1 aliphatic rings.